The van der Waals surface area contributed by atoms with Crippen LogP contribution in [0.3, 0.4) is 0 Å². The number of carbonyl (C=O) groups is 1. The van der Waals surface area contributed by atoms with Gasteiger partial charge in [-0.3, -0.25) is 4.79 Å². The highest BCUT2D eigenvalue weighted by molar-refractivity contribution is 5.90. The van der Waals surface area contributed by atoms with Crippen molar-refractivity contribution in [1.82, 2.24) is 4.90 Å². The maximum absolute atomic E-state index is 13.2. The van der Waals surface area contributed by atoms with Gasteiger partial charge in [-0.1, -0.05) is 42.5 Å². The minimum atomic E-state index is -0.587. The van der Waals surface area contributed by atoms with Crippen LogP contribution in [-0.4, -0.2) is 36.2 Å². The molecule has 1 aliphatic rings. The first-order valence-electron chi connectivity index (χ1n) is 8.21. The first-order valence-corrected chi connectivity index (χ1v) is 8.21. The average molecular weight is 325 g/mol. The first-order chi connectivity index (χ1) is 11.6. The molecule has 3 rings (SSSR count). The molecule has 1 N–H and O–H groups in total. The van der Waals surface area contributed by atoms with Crippen LogP contribution in [0, 0.1) is 0 Å². The van der Waals surface area contributed by atoms with Crippen LogP contribution in [0.5, 0.6) is 5.75 Å². The van der Waals surface area contributed by atoms with Gasteiger partial charge in [0.2, 0.25) is 5.91 Å². The molecule has 0 aliphatic carbocycles. The zero-order valence-electron chi connectivity index (χ0n) is 14.1. The van der Waals surface area contributed by atoms with E-state index >= 15 is 0 Å². The topological polar surface area (TPSA) is 49.8 Å². The number of ether oxygens (including phenoxy) is 1. The SMILES string of the molecule is COc1cccc([C@]2(C)CCN([C@H](CO)c3ccccc3)C2=O)c1. The Balaban J connectivity index is 1.91. The van der Waals surface area contributed by atoms with Gasteiger partial charge in [0, 0.05) is 6.54 Å². The molecule has 2 atom stereocenters. The summed E-state index contributed by atoms with van der Waals surface area (Å²) >= 11 is 0. The number of nitrogens with zero attached hydrogens (tertiary/aromatic N) is 1. The van der Waals surface area contributed by atoms with E-state index in [0.29, 0.717) is 6.54 Å². The molecule has 1 aliphatic heterocycles. The standard InChI is InChI=1S/C20H23NO3/c1-20(16-9-6-10-17(13-16)24-2)11-12-21(19(20)23)18(14-22)15-7-4-3-5-8-15/h3-10,13,18,22H,11-12,14H2,1-2H3/t18-,20+/m1/s1. The van der Waals surface area contributed by atoms with Crippen molar-refractivity contribution in [1.29, 1.82) is 0 Å². The van der Waals surface area contributed by atoms with Crippen molar-refractivity contribution in [3.63, 3.8) is 0 Å². The number of hydrogen-bond donors (Lipinski definition) is 1. The van der Waals surface area contributed by atoms with E-state index in [-0.39, 0.29) is 18.6 Å². The molecule has 1 heterocycles. The Kier molecular flexibility index (Phi) is 4.58. The van der Waals surface area contributed by atoms with Crippen molar-refractivity contribution in [2.24, 2.45) is 0 Å². The Morgan fingerprint density at radius 1 is 1.21 bits per heavy atom. The Bertz CT molecular complexity index is 716. The molecular formula is C20H23NO3. The summed E-state index contributed by atoms with van der Waals surface area (Å²) in [7, 11) is 1.63. The molecule has 4 nitrogen and oxygen atoms in total. The van der Waals surface area contributed by atoms with Crippen LogP contribution < -0.4 is 4.74 Å². The molecule has 126 valence electrons. The van der Waals surface area contributed by atoms with Crippen LogP contribution in [0.4, 0.5) is 0 Å². The molecule has 0 radical (unpaired) electrons. The molecule has 1 amide bonds. The number of aliphatic hydroxyl groups excluding tert-OH is 1. The van der Waals surface area contributed by atoms with E-state index in [2.05, 4.69) is 0 Å². The quantitative estimate of drug-likeness (QED) is 0.919. The van der Waals surface area contributed by atoms with Crippen LogP contribution in [0.2, 0.25) is 0 Å². The normalized spacial score (nSPS) is 21.8. The number of benzene rings is 2. The third kappa shape index (κ3) is 2.78. The van der Waals surface area contributed by atoms with Gasteiger partial charge in [0.15, 0.2) is 0 Å². The van der Waals surface area contributed by atoms with E-state index in [9.17, 15) is 9.90 Å². The van der Waals surface area contributed by atoms with E-state index < -0.39 is 5.41 Å². The van der Waals surface area contributed by atoms with Gasteiger partial charge in [0.1, 0.15) is 5.75 Å². The van der Waals surface area contributed by atoms with Crippen molar-refractivity contribution in [3.05, 3.63) is 65.7 Å². The largest absolute Gasteiger partial charge is 0.497 e. The number of methoxy groups -OCH3 is 1. The van der Waals surface area contributed by atoms with Crippen molar-refractivity contribution >= 4 is 5.91 Å². The van der Waals surface area contributed by atoms with Gasteiger partial charge in [-0.05, 0) is 36.6 Å². The number of amides is 1. The zero-order chi connectivity index (χ0) is 17.2. The van der Waals surface area contributed by atoms with Crippen molar-refractivity contribution in [2.45, 2.75) is 24.8 Å². The summed E-state index contributed by atoms with van der Waals surface area (Å²) in [5, 5.41) is 9.87. The summed E-state index contributed by atoms with van der Waals surface area (Å²) in [6.45, 7) is 2.53. The van der Waals surface area contributed by atoms with E-state index in [1.807, 2.05) is 61.5 Å². The lowest BCUT2D eigenvalue weighted by Crippen LogP contribution is -2.39. The van der Waals surface area contributed by atoms with Crippen LogP contribution in [0.25, 0.3) is 0 Å². The fourth-order valence-corrected chi connectivity index (χ4v) is 3.46. The molecule has 1 fully saturated rings. The number of likely N-dealkylation sites (tertiary alicyclic amines) is 1. The Morgan fingerprint density at radius 3 is 2.62 bits per heavy atom. The monoisotopic (exact) mass is 325 g/mol. The molecule has 0 spiro atoms. The smallest absolute Gasteiger partial charge is 0.233 e. The second kappa shape index (κ2) is 6.65. The van der Waals surface area contributed by atoms with E-state index in [1.54, 1.807) is 12.0 Å². The van der Waals surface area contributed by atoms with Gasteiger partial charge in [0.25, 0.3) is 0 Å². The van der Waals surface area contributed by atoms with Crippen LogP contribution in [0.1, 0.15) is 30.5 Å². The second-order valence-corrected chi connectivity index (χ2v) is 6.42. The molecule has 0 unspecified atom stereocenters. The molecule has 2 aromatic rings. The fraction of sp³-hybridized carbons (Fsp3) is 0.350. The molecule has 4 heteroatoms. The van der Waals surface area contributed by atoms with Gasteiger partial charge in [0.05, 0.1) is 25.2 Å². The lowest BCUT2D eigenvalue weighted by Gasteiger charge is -2.29. The van der Waals surface area contributed by atoms with Gasteiger partial charge in [-0.15, -0.1) is 0 Å². The van der Waals surface area contributed by atoms with Crippen LogP contribution in [0.15, 0.2) is 54.6 Å². The van der Waals surface area contributed by atoms with E-state index in [0.717, 1.165) is 23.3 Å². The minimum Gasteiger partial charge on any atom is -0.497 e. The summed E-state index contributed by atoms with van der Waals surface area (Å²) in [6.07, 6.45) is 0.725. The van der Waals surface area contributed by atoms with Crippen LogP contribution in [-0.2, 0) is 10.2 Å². The summed E-state index contributed by atoms with van der Waals surface area (Å²) in [5.74, 6) is 0.806. The molecule has 2 aromatic carbocycles. The summed E-state index contributed by atoms with van der Waals surface area (Å²) < 4.78 is 5.29. The highest BCUT2D eigenvalue weighted by Crippen LogP contribution is 2.40. The molecular weight excluding hydrogens is 302 g/mol. The minimum absolute atomic E-state index is 0.0543. The summed E-state index contributed by atoms with van der Waals surface area (Å²) in [4.78, 5) is 15.0. The predicted octanol–water partition coefficient (Wildman–Crippen LogP) is 2.92. The van der Waals surface area contributed by atoms with Crippen molar-refractivity contribution < 1.29 is 14.6 Å². The number of rotatable bonds is 5. The van der Waals surface area contributed by atoms with E-state index in [1.165, 1.54) is 0 Å². The maximum atomic E-state index is 13.2. The Morgan fingerprint density at radius 2 is 1.96 bits per heavy atom. The summed E-state index contributed by atoms with van der Waals surface area (Å²) in [6, 6.07) is 17.1. The molecule has 0 saturated carbocycles. The van der Waals surface area contributed by atoms with E-state index in [4.69, 9.17) is 4.74 Å². The number of carbonyl (C=O) groups excluding carboxylic acids is 1. The number of aliphatic hydroxyl groups is 1. The molecule has 1 saturated heterocycles. The van der Waals surface area contributed by atoms with Gasteiger partial charge in [-0.25, -0.2) is 0 Å². The van der Waals surface area contributed by atoms with Crippen LogP contribution >= 0.6 is 0 Å². The lowest BCUT2D eigenvalue weighted by molar-refractivity contribution is -0.134. The lowest BCUT2D eigenvalue weighted by atomic mass is 9.81. The van der Waals surface area contributed by atoms with Gasteiger partial charge < -0.3 is 14.7 Å². The van der Waals surface area contributed by atoms with Crippen molar-refractivity contribution in [2.75, 3.05) is 20.3 Å². The predicted molar refractivity (Wildman–Crippen MR) is 92.9 cm³/mol. The Labute approximate surface area is 142 Å². The van der Waals surface area contributed by atoms with Gasteiger partial charge >= 0.3 is 0 Å². The zero-order valence-corrected chi connectivity index (χ0v) is 14.1. The molecule has 0 bridgehead atoms. The highest BCUT2D eigenvalue weighted by atomic mass is 16.5. The maximum Gasteiger partial charge on any atom is 0.233 e. The summed E-state index contributed by atoms with van der Waals surface area (Å²) in [5.41, 5.74) is 1.33. The first kappa shape index (κ1) is 16.5. The fourth-order valence-electron chi connectivity index (χ4n) is 3.46. The molecule has 0 aromatic heterocycles. The third-order valence-corrected chi connectivity index (χ3v) is 5.03. The molecule has 24 heavy (non-hydrogen) atoms. The average Bonchev–Trinajstić information content (AvgIpc) is 2.94. The van der Waals surface area contributed by atoms with Gasteiger partial charge in [-0.2, -0.15) is 0 Å². The Hall–Kier alpha value is -2.33. The second-order valence-electron chi connectivity index (χ2n) is 6.42. The third-order valence-electron chi connectivity index (χ3n) is 5.03. The number of hydrogen-bond acceptors (Lipinski definition) is 3. The van der Waals surface area contributed by atoms with Crippen molar-refractivity contribution in [3.8, 4) is 5.75 Å². The highest BCUT2D eigenvalue weighted by Gasteiger charge is 2.46.